The lowest BCUT2D eigenvalue weighted by Crippen LogP contribution is -2.24. The maximum atomic E-state index is 6.17. The lowest BCUT2D eigenvalue weighted by atomic mass is 10.0. The zero-order chi connectivity index (χ0) is 19.4. The molecule has 0 bridgehead atoms. The van der Waals surface area contributed by atoms with Crippen LogP contribution < -0.4 is 9.47 Å². The molecule has 1 N–H and O–H groups in total. The highest BCUT2D eigenvalue weighted by molar-refractivity contribution is 5.95. The van der Waals surface area contributed by atoms with Crippen LogP contribution in [-0.2, 0) is 7.05 Å². The Bertz CT molecular complexity index is 1370. The zero-order valence-corrected chi connectivity index (χ0v) is 15.8. The fourth-order valence-electron chi connectivity index (χ4n) is 4.02. The van der Waals surface area contributed by atoms with Crippen LogP contribution in [0, 0.1) is 0 Å². The van der Waals surface area contributed by atoms with Gasteiger partial charge in [0.1, 0.15) is 12.3 Å². The Balaban J connectivity index is 1.43. The average molecular weight is 382 g/mol. The number of nitrogens with one attached hydrogen (secondary N) is 1. The summed E-state index contributed by atoms with van der Waals surface area (Å²) in [4.78, 5) is 12.4. The number of aryl methyl sites for hydroxylation is 1. The summed E-state index contributed by atoms with van der Waals surface area (Å²) in [6.45, 7) is 0.440. The minimum absolute atomic E-state index is 0.247. The van der Waals surface area contributed by atoms with Gasteiger partial charge in [-0.2, -0.15) is 0 Å². The molecule has 1 atom stereocenters. The van der Waals surface area contributed by atoms with Crippen LogP contribution in [0.4, 0.5) is 0 Å². The van der Waals surface area contributed by atoms with Crippen LogP contribution >= 0.6 is 0 Å². The molecule has 0 fully saturated rings. The molecule has 29 heavy (non-hydrogen) atoms. The number of aromatic nitrogens is 4. The number of ether oxygens (including phenoxy) is 2. The Kier molecular flexibility index (Phi) is 3.41. The second kappa shape index (κ2) is 6.10. The number of pyridine rings is 1. The van der Waals surface area contributed by atoms with Crippen LogP contribution in [0.1, 0.15) is 11.9 Å². The molecule has 6 heteroatoms. The third kappa shape index (κ3) is 2.49. The van der Waals surface area contributed by atoms with Crippen molar-refractivity contribution in [2.45, 2.75) is 6.10 Å². The van der Waals surface area contributed by atoms with Gasteiger partial charge >= 0.3 is 0 Å². The molecule has 3 aromatic heterocycles. The molecule has 0 saturated carbocycles. The van der Waals surface area contributed by atoms with Gasteiger partial charge in [-0.15, -0.1) is 0 Å². The molecule has 0 saturated heterocycles. The number of para-hydroxylation sites is 2. The molecule has 6 rings (SSSR count). The van der Waals surface area contributed by atoms with Crippen molar-refractivity contribution in [1.82, 2.24) is 19.5 Å². The standard InChI is InChI=1S/C23H18N4O2/c1-27-18-12-14(15-8-10-24-22-16(15)9-11-25-22)6-7-17(18)26-23(27)21-13-28-19-4-2-3-5-20(19)29-21/h2-12,21H,13H2,1H3,(H,24,25). The lowest BCUT2D eigenvalue weighted by Gasteiger charge is -2.25. The van der Waals surface area contributed by atoms with E-state index in [4.69, 9.17) is 14.5 Å². The highest BCUT2D eigenvalue weighted by atomic mass is 16.6. The topological polar surface area (TPSA) is 65.0 Å². The normalized spacial score (nSPS) is 15.8. The second-order valence-corrected chi connectivity index (χ2v) is 7.20. The van der Waals surface area contributed by atoms with E-state index in [1.165, 1.54) is 0 Å². The first-order valence-electron chi connectivity index (χ1n) is 9.55. The van der Waals surface area contributed by atoms with Gasteiger partial charge in [0.25, 0.3) is 0 Å². The molecule has 1 aliphatic rings. The number of rotatable bonds is 2. The smallest absolute Gasteiger partial charge is 0.190 e. The van der Waals surface area contributed by atoms with Crippen LogP contribution in [0.15, 0.2) is 67.0 Å². The Morgan fingerprint density at radius 3 is 2.90 bits per heavy atom. The van der Waals surface area contributed by atoms with Crippen LogP contribution in [0.25, 0.3) is 33.2 Å². The quantitative estimate of drug-likeness (QED) is 0.483. The van der Waals surface area contributed by atoms with E-state index < -0.39 is 0 Å². The fraction of sp³-hybridized carbons (Fsp3) is 0.130. The van der Waals surface area contributed by atoms with Crippen molar-refractivity contribution >= 4 is 22.1 Å². The highest BCUT2D eigenvalue weighted by Gasteiger charge is 2.26. The van der Waals surface area contributed by atoms with Crippen molar-refractivity contribution in [3.05, 3.63) is 72.8 Å². The van der Waals surface area contributed by atoms with E-state index in [2.05, 4.69) is 38.8 Å². The van der Waals surface area contributed by atoms with Gasteiger partial charge in [0, 0.05) is 24.8 Å². The molecule has 2 aromatic carbocycles. The van der Waals surface area contributed by atoms with Crippen LogP contribution in [0.3, 0.4) is 0 Å². The first-order chi connectivity index (χ1) is 14.3. The Hall–Kier alpha value is -3.80. The van der Waals surface area contributed by atoms with Gasteiger partial charge in [-0.05, 0) is 47.5 Å². The summed E-state index contributed by atoms with van der Waals surface area (Å²) in [6.07, 6.45) is 3.50. The zero-order valence-electron chi connectivity index (χ0n) is 15.8. The summed E-state index contributed by atoms with van der Waals surface area (Å²) < 4.78 is 14.1. The van der Waals surface area contributed by atoms with E-state index in [0.29, 0.717) is 6.61 Å². The molecule has 0 spiro atoms. The molecule has 0 radical (unpaired) electrons. The fourth-order valence-corrected chi connectivity index (χ4v) is 4.02. The number of hydrogen-bond acceptors (Lipinski definition) is 4. The Morgan fingerprint density at radius 2 is 1.97 bits per heavy atom. The molecule has 1 unspecified atom stereocenters. The number of imidazole rings is 1. The van der Waals surface area contributed by atoms with E-state index in [1.54, 1.807) is 0 Å². The van der Waals surface area contributed by atoms with Crippen molar-refractivity contribution in [2.75, 3.05) is 6.61 Å². The highest BCUT2D eigenvalue weighted by Crippen LogP contribution is 2.37. The number of aromatic amines is 1. The second-order valence-electron chi connectivity index (χ2n) is 7.20. The third-order valence-electron chi connectivity index (χ3n) is 5.48. The van der Waals surface area contributed by atoms with Gasteiger partial charge < -0.3 is 19.0 Å². The molecule has 4 heterocycles. The molecule has 6 nitrogen and oxygen atoms in total. The number of hydrogen-bond donors (Lipinski definition) is 1. The lowest BCUT2D eigenvalue weighted by molar-refractivity contribution is 0.0835. The summed E-state index contributed by atoms with van der Waals surface area (Å²) in [5, 5.41) is 1.11. The van der Waals surface area contributed by atoms with Crippen LogP contribution in [-0.4, -0.2) is 26.1 Å². The van der Waals surface area contributed by atoms with Crippen molar-refractivity contribution < 1.29 is 9.47 Å². The van der Waals surface area contributed by atoms with Gasteiger partial charge in [0.15, 0.2) is 23.4 Å². The van der Waals surface area contributed by atoms with Crippen LogP contribution in [0.2, 0.25) is 0 Å². The predicted octanol–water partition coefficient (Wildman–Crippen LogP) is 4.63. The van der Waals surface area contributed by atoms with E-state index in [0.717, 1.165) is 50.5 Å². The minimum Gasteiger partial charge on any atom is -0.485 e. The summed E-state index contributed by atoms with van der Waals surface area (Å²) in [6, 6.07) is 18.2. The van der Waals surface area contributed by atoms with Crippen LogP contribution in [0.5, 0.6) is 11.5 Å². The molecular weight excluding hydrogens is 364 g/mol. The minimum atomic E-state index is -0.247. The number of H-pyrrole nitrogens is 1. The van der Waals surface area contributed by atoms with Gasteiger partial charge in [-0.25, -0.2) is 9.97 Å². The molecule has 142 valence electrons. The molecule has 5 aromatic rings. The largest absolute Gasteiger partial charge is 0.485 e. The van der Waals surface area contributed by atoms with Gasteiger partial charge in [-0.1, -0.05) is 18.2 Å². The Labute approximate surface area is 166 Å². The maximum absolute atomic E-state index is 6.17. The maximum Gasteiger partial charge on any atom is 0.190 e. The van der Waals surface area contributed by atoms with Gasteiger partial charge in [0.05, 0.1) is 11.0 Å². The van der Waals surface area contributed by atoms with Gasteiger partial charge in [0.2, 0.25) is 0 Å². The SMILES string of the molecule is Cn1c(C2COc3ccccc3O2)nc2ccc(-c3ccnc4[nH]ccc34)cc21. The summed E-state index contributed by atoms with van der Waals surface area (Å²) in [7, 11) is 2.02. The number of nitrogens with zero attached hydrogens (tertiary/aromatic N) is 3. The third-order valence-corrected chi connectivity index (χ3v) is 5.48. The molecule has 0 aliphatic carbocycles. The van der Waals surface area contributed by atoms with Crippen molar-refractivity contribution in [1.29, 1.82) is 0 Å². The summed E-state index contributed by atoms with van der Waals surface area (Å²) >= 11 is 0. The summed E-state index contributed by atoms with van der Waals surface area (Å²) in [5.74, 6) is 2.38. The van der Waals surface area contributed by atoms with Crippen molar-refractivity contribution in [3.8, 4) is 22.6 Å². The van der Waals surface area contributed by atoms with E-state index in [9.17, 15) is 0 Å². The molecular formula is C23H18N4O2. The van der Waals surface area contributed by atoms with Crippen molar-refractivity contribution in [3.63, 3.8) is 0 Å². The summed E-state index contributed by atoms with van der Waals surface area (Å²) in [5.41, 5.74) is 5.16. The first-order valence-corrected chi connectivity index (χ1v) is 9.55. The first kappa shape index (κ1) is 16.2. The Morgan fingerprint density at radius 1 is 1.07 bits per heavy atom. The van der Waals surface area contributed by atoms with E-state index in [-0.39, 0.29) is 6.10 Å². The number of benzene rings is 2. The molecule has 0 amide bonds. The van der Waals surface area contributed by atoms with E-state index >= 15 is 0 Å². The predicted molar refractivity (Wildman–Crippen MR) is 111 cm³/mol. The average Bonchev–Trinajstić information content (AvgIpc) is 3.38. The molecule has 1 aliphatic heterocycles. The van der Waals surface area contributed by atoms with Crippen molar-refractivity contribution in [2.24, 2.45) is 7.05 Å². The monoisotopic (exact) mass is 382 g/mol. The van der Waals surface area contributed by atoms with E-state index in [1.807, 2.05) is 49.8 Å². The van der Waals surface area contributed by atoms with Gasteiger partial charge in [-0.3, -0.25) is 0 Å². The number of fused-ring (bicyclic) bond motifs is 3.